The molecular formula is C23H25N3O2. The van der Waals surface area contributed by atoms with Crippen LogP contribution in [0.4, 0.5) is 0 Å². The molecule has 144 valence electrons. The third-order valence-electron chi connectivity index (χ3n) is 5.33. The van der Waals surface area contributed by atoms with Gasteiger partial charge >= 0.3 is 0 Å². The lowest BCUT2D eigenvalue weighted by atomic mass is 10.0. The van der Waals surface area contributed by atoms with Crippen molar-refractivity contribution in [2.24, 2.45) is 0 Å². The Balaban J connectivity index is 1.55. The highest BCUT2D eigenvalue weighted by Gasteiger charge is 2.36. The zero-order valence-corrected chi connectivity index (χ0v) is 16.6. The lowest BCUT2D eigenvalue weighted by molar-refractivity contribution is -0.129. The number of aromatic nitrogens is 2. The van der Waals surface area contributed by atoms with Crippen molar-refractivity contribution in [1.82, 2.24) is 15.0 Å². The summed E-state index contributed by atoms with van der Waals surface area (Å²) in [4.78, 5) is 18.9. The molecule has 0 aliphatic carbocycles. The molecular weight excluding hydrogens is 350 g/mol. The van der Waals surface area contributed by atoms with Crippen molar-refractivity contribution in [3.8, 4) is 11.4 Å². The van der Waals surface area contributed by atoms with Gasteiger partial charge in [0.2, 0.25) is 17.6 Å². The van der Waals surface area contributed by atoms with E-state index < -0.39 is 0 Å². The van der Waals surface area contributed by atoms with Gasteiger partial charge in [-0.3, -0.25) is 4.79 Å². The minimum atomic E-state index is -0.163. The molecule has 1 saturated heterocycles. The summed E-state index contributed by atoms with van der Waals surface area (Å²) >= 11 is 0. The van der Waals surface area contributed by atoms with Crippen LogP contribution in [-0.4, -0.2) is 20.9 Å². The standard InChI is InChI=1S/C23H25N3O2/c1-15(2)18-7-9-19(10-8-18)22-24-23(28-25-22)20-11-12-21(27)26(20)14-17-6-4-5-16(3)13-17/h4-10,13,15,20H,11-12,14H2,1-3H3. The summed E-state index contributed by atoms with van der Waals surface area (Å²) in [7, 11) is 0. The van der Waals surface area contributed by atoms with E-state index in [1.807, 2.05) is 29.2 Å². The fourth-order valence-electron chi connectivity index (χ4n) is 3.70. The van der Waals surface area contributed by atoms with Gasteiger partial charge in [0.15, 0.2) is 0 Å². The molecule has 1 fully saturated rings. The number of nitrogens with zero attached hydrogens (tertiary/aromatic N) is 3. The van der Waals surface area contributed by atoms with Gasteiger partial charge in [-0.25, -0.2) is 0 Å². The van der Waals surface area contributed by atoms with E-state index in [4.69, 9.17) is 4.52 Å². The van der Waals surface area contributed by atoms with Crippen LogP contribution < -0.4 is 0 Å². The first-order valence-corrected chi connectivity index (χ1v) is 9.80. The highest BCUT2D eigenvalue weighted by Crippen LogP contribution is 2.34. The molecule has 5 heteroatoms. The summed E-state index contributed by atoms with van der Waals surface area (Å²) in [5.74, 6) is 1.70. The Morgan fingerprint density at radius 2 is 1.96 bits per heavy atom. The third-order valence-corrected chi connectivity index (χ3v) is 5.33. The van der Waals surface area contributed by atoms with E-state index in [1.54, 1.807) is 0 Å². The quantitative estimate of drug-likeness (QED) is 0.627. The third kappa shape index (κ3) is 3.70. The van der Waals surface area contributed by atoms with Crippen LogP contribution in [0.5, 0.6) is 0 Å². The zero-order chi connectivity index (χ0) is 19.7. The van der Waals surface area contributed by atoms with Crippen molar-refractivity contribution < 1.29 is 9.32 Å². The first-order valence-electron chi connectivity index (χ1n) is 9.80. The number of aryl methyl sites for hydroxylation is 1. The second kappa shape index (κ2) is 7.58. The molecule has 0 bridgehead atoms. The minimum absolute atomic E-state index is 0.132. The molecule has 2 heterocycles. The van der Waals surface area contributed by atoms with Gasteiger partial charge in [0.05, 0.1) is 0 Å². The maximum absolute atomic E-state index is 12.5. The van der Waals surface area contributed by atoms with E-state index >= 15 is 0 Å². The average Bonchev–Trinajstić information content (AvgIpc) is 3.30. The van der Waals surface area contributed by atoms with Crippen molar-refractivity contribution in [2.45, 2.75) is 52.1 Å². The Labute approximate surface area is 165 Å². The number of carbonyl (C=O) groups is 1. The van der Waals surface area contributed by atoms with Crippen LogP contribution in [0.2, 0.25) is 0 Å². The Morgan fingerprint density at radius 1 is 1.18 bits per heavy atom. The van der Waals surface area contributed by atoms with Gasteiger partial charge in [-0.15, -0.1) is 0 Å². The number of rotatable bonds is 5. The maximum Gasteiger partial charge on any atom is 0.249 e. The molecule has 1 unspecified atom stereocenters. The van der Waals surface area contributed by atoms with Gasteiger partial charge < -0.3 is 9.42 Å². The molecule has 1 aliphatic rings. The molecule has 0 N–H and O–H groups in total. The predicted molar refractivity (Wildman–Crippen MR) is 108 cm³/mol. The Morgan fingerprint density at radius 3 is 2.68 bits per heavy atom. The number of hydrogen-bond acceptors (Lipinski definition) is 4. The minimum Gasteiger partial charge on any atom is -0.337 e. The van der Waals surface area contributed by atoms with Crippen LogP contribution in [0.1, 0.15) is 61.2 Å². The van der Waals surface area contributed by atoms with Crippen LogP contribution in [0.15, 0.2) is 53.1 Å². The van der Waals surface area contributed by atoms with Crippen LogP contribution in [0, 0.1) is 6.92 Å². The van der Waals surface area contributed by atoms with Crippen molar-refractivity contribution in [3.63, 3.8) is 0 Å². The van der Waals surface area contributed by atoms with Gasteiger partial charge in [-0.1, -0.05) is 73.1 Å². The lowest BCUT2D eigenvalue weighted by Gasteiger charge is -2.22. The first-order chi connectivity index (χ1) is 13.5. The smallest absolute Gasteiger partial charge is 0.249 e. The summed E-state index contributed by atoms with van der Waals surface area (Å²) in [6.45, 7) is 6.95. The van der Waals surface area contributed by atoms with Crippen molar-refractivity contribution in [3.05, 3.63) is 71.1 Å². The summed E-state index contributed by atoms with van der Waals surface area (Å²) in [5, 5.41) is 4.16. The highest BCUT2D eigenvalue weighted by molar-refractivity contribution is 5.78. The predicted octanol–water partition coefficient (Wildman–Crippen LogP) is 5.03. The SMILES string of the molecule is Cc1cccc(CN2C(=O)CCC2c2nc(-c3ccc(C(C)C)cc3)no2)c1. The molecule has 3 aromatic rings. The molecule has 28 heavy (non-hydrogen) atoms. The number of carbonyl (C=O) groups excluding carboxylic acids is 1. The van der Waals surface area contributed by atoms with E-state index in [0.29, 0.717) is 37.0 Å². The molecule has 0 radical (unpaired) electrons. The fourth-order valence-corrected chi connectivity index (χ4v) is 3.70. The summed E-state index contributed by atoms with van der Waals surface area (Å²) < 4.78 is 5.57. The van der Waals surface area contributed by atoms with Crippen molar-refractivity contribution in [1.29, 1.82) is 0 Å². The number of hydrogen-bond donors (Lipinski definition) is 0. The summed E-state index contributed by atoms with van der Waals surface area (Å²) in [6.07, 6.45) is 1.22. The van der Waals surface area contributed by atoms with Gasteiger partial charge in [-0.2, -0.15) is 4.98 Å². The van der Waals surface area contributed by atoms with Crippen LogP contribution >= 0.6 is 0 Å². The Bertz CT molecular complexity index is 976. The molecule has 1 atom stereocenters. The summed E-state index contributed by atoms with van der Waals surface area (Å²) in [5.41, 5.74) is 4.50. The normalized spacial score (nSPS) is 16.9. The molecule has 2 aromatic carbocycles. The molecule has 5 nitrogen and oxygen atoms in total. The molecule has 0 saturated carbocycles. The highest BCUT2D eigenvalue weighted by atomic mass is 16.5. The monoisotopic (exact) mass is 375 g/mol. The summed E-state index contributed by atoms with van der Waals surface area (Å²) in [6, 6.07) is 16.3. The molecule has 1 aliphatic heterocycles. The molecule has 1 aromatic heterocycles. The zero-order valence-electron chi connectivity index (χ0n) is 16.6. The van der Waals surface area contributed by atoms with E-state index in [0.717, 1.165) is 11.1 Å². The van der Waals surface area contributed by atoms with Gasteiger partial charge in [0.1, 0.15) is 6.04 Å². The first kappa shape index (κ1) is 18.4. The topological polar surface area (TPSA) is 59.2 Å². The van der Waals surface area contributed by atoms with E-state index in [9.17, 15) is 4.79 Å². The second-order valence-electron chi connectivity index (χ2n) is 7.80. The molecule has 0 spiro atoms. The number of likely N-dealkylation sites (tertiary alicyclic amines) is 1. The van der Waals surface area contributed by atoms with E-state index in [1.165, 1.54) is 11.1 Å². The van der Waals surface area contributed by atoms with Crippen LogP contribution in [-0.2, 0) is 11.3 Å². The largest absolute Gasteiger partial charge is 0.337 e. The van der Waals surface area contributed by atoms with Crippen molar-refractivity contribution in [2.75, 3.05) is 0 Å². The van der Waals surface area contributed by atoms with E-state index in [-0.39, 0.29) is 11.9 Å². The Kier molecular flexibility index (Phi) is 4.99. The van der Waals surface area contributed by atoms with Crippen LogP contribution in [0.3, 0.4) is 0 Å². The fraction of sp³-hybridized carbons (Fsp3) is 0.348. The number of benzene rings is 2. The van der Waals surface area contributed by atoms with E-state index in [2.05, 4.69) is 55.2 Å². The maximum atomic E-state index is 12.5. The second-order valence-corrected chi connectivity index (χ2v) is 7.80. The lowest BCUT2D eigenvalue weighted by Crippen LogP contribution is -2.27. The van der Waals surface area contributed by atoms with Crippen LogP contribution in [0.25, 0.3) is 11.4 Å². The van der Waals surface area contributed by atoms with Crippen molar-refractivity contribution >= 4 is 5.91 Å². The Hall–Kier alpha value is -2.95. The van der Waals surface area contributed by atoms with Gasteiger partial charge in [0.25, 0.3) is 0 Å². The van der Waals surface area contributed by atoms with Gasteiger partial charge in [0, 0.05) is 18.5 Å². The van der Waals surface area contributed by atoms with Gasteiger partial charge in [-0.05, 0) is 30.4 Å². The molecule has 1 amide bonds. The number of amides is 1. The average molecular weight is 375 g/mol. The molecule has 4 rings (SSSR count).